The number of hydrogen-bond acceptors (Lipinski definition) is 6. The Balaban J connectivity index is 2.02. The lowest BCUT2D eigenvalue weighted by Gasteiger charge is -2.18. The van der Waals surface area contributed by atoms with E-state index in [-0.39, 0.29) is 0 Å². The maximum atomic E-state index is 11.9. The SMILES string of the molecule is O=C(N[C@H]1O[C@@H]([C@H](O)CO)[C@H](O)[C@H]1O)c1ccccc1. The molecule has 1 aromatic rings. The highest BCUT2D eigenvalue weighted by atomic mass is 16.6. The summed E-state index contributed by atoms with van der Waals surface area (Å²) in [4.78, 5) is 11.9. The highest BCUT2D eigenvalue weighted by molar-refractivity contribution is 5.94. The number of benzene rings is 1. The summed E-state index contributed by atoms with van der Waals surface area (Å²) in [6, 6.07) is 8.32. The normalized spacial score (nSPS) is 31.0. The molecule has 5 atom stereocenters. The van der Waals surface area contributed by atoms with Crippen LogP contribution in [0.1, 0.15) is 10.4 Å². The van der Waals surface area contributed by atoms with Crippen LogP contribution in [-0.2, 0) is 4.74 Å². The summed E-state index contributed by atoms with van der Waals surface area (Å²) >= 11 is 0. The van der Waals surface area contributed by atoms with E-state index in [1.54, 1.807) is 30.3 Å². The molecule has 1 amide bonds. The maximum absolute atomic E-state index is 11.9. The largest absolute Gasteiger partial charge is 0.394 e. The van der Waals surface area contributed by atoms with Gasteiger partial charge in [0.25, 0.3) is 5.91 Å². The minimum absolute atomic E-state index is 0.379. The van der Waals surface area contributed by atoms with E-state index in [0.717, 1.165) is 0 Å². The molecule has 0 aromatic heterocycles. The van der Waals surface area contributed by atoms with Crippen molar-refractivity contribution < 1.29 is 30.0 Å². The third-order valence-corrected chi connectivity index (χ3v) is 3.18. The van der Waals surface area contributed by atoms with Crippen LogP contribution in [0.25, 0.3) is 0 Å². The van der Waals surface area contributed by atoms with E-state index >= 15 is 0 Å². The number of aliphatic hydroxyl groups is 4. The number of hydrogen-bond donors (Lipinski definition) is 5. The number of amides is 1. The van der Waals surface area contributed by atoms with E-state index in [2.05, 4.69) is 5.32 Å². The van der Waals surface area contributed by atoms with Gasteiger partial charge in [-0.2, -0.15) is 0 Å². The first-order valence-corrected chi connectivity index (χ1v) is 6.21. The van der Waals surface area contributed by atoms with E-state index in [9.17, 15) is 20.1 Å². The lowest BCUT2D eigenvalue weighted by molar-refractivity contribution is -0.0848. The fourth-order valence-corrected chi connectivity index (χ4v) is 2.05. The van der Waals surface area contributed by atoms with E-state index in [0.29, 0.717) is 5.56 Å². The van der Waals surface area contributed by atoms with Crippen LogP contribution in [0.3, 0.4) is 0 Å². The second-order valence-corrected chi connectivity index (χ2v) is 4.59. The van der Waals surface area contributed by atoms with Crippen molar-refractivity contribution in [2.75, 3.05) is 6.61 Å². The van der Waals surface area contributed by atoms with Crippen LogP contribution >= 0.6 is 0 Å². The van der Waals surface area contributed by atoms with Crippen LogP contribution in [0.15, 0.2) is 30.3 Å². The molecule has 0 saturated carbocycles. The van der Waals surface area contributed by atoms with Gasteiger partial charge in [0.15, 0.2) is 6.23 Å². The smallest absolute Gasteiger partial charge is 0.253 e. The summed E-state index contributed by atoms with van der Waals surface area (Å²) in [5.41, 5.74) is 0.379. The van der Waals surface area contributed by atoms with Gasteiger partial charge < -0.3 is 30.5 Å². The van der Waals surface area contributed by atoms with Crippen molar-refractivity contribution >= 4 is 5.91 Å². The highest BCUT2D eigenvalue weighted by Gasteiger charge is 2.46. The van der Waals surface area contributed by atoms with Crippen molar-refractivity contribution in [1.29, 1.82) is 0 Å². The van der Waals surface area contributed by atoms with Crippen LogP contribution in [0.2, 0.25) is 0 Å². The third-order valence-electron chi connectivity index (χ3n) is 3.18. The zero-order valence-electron chi connectivity index (χ0n) is 10.6. The number of ether oxygens (including phenoxy) is 1. The van der Waals surface area contributed by atoms with Crippen molar-refractivity contribution in [3.8, 4) is 0 Å². The lowest BCUT2D eigenvalue weighted by atomic mass is 10.1. The molecule has 1 aliphatic rings. The van der Waals surface area contributed by atoms with Gasteiger partial charge >= 0.3 is 0 Å². The Morgan fingerprint density at radius 1 is 1.25 bits per heavy atom. The Morgan fingerprint density at radius 3 is 2.50 bits per heavy atom. The molecule has 7 nitrogen and oxygen atoms in total. The molecule has 20 heavy (non-hydrogen) atoms. The highest BCUT2D eigenvalue weighted by Crippen LogP contribution is 2.22. The number of nitrogens with one attached hydrogen (secondary N) is 1. The van der Waals surface area contributed by atoms with Crippen molar-refractivity contribution in [3.05, 3.63) is 35.9 Å². The fraction of sp³-hybridized carbons (Fsp3) is 0.462. The minimum atomic E-state index is -1.39. The zero-order valence-corrected chi connectivity index (χ0v) is 10.6. The first-order valence-electron chi connectivity index (χ1n) is 6.21. The van der Waals surface area contributed by atoms with Crippen molar-refractivity contribution in [1.82, 2.24) is 5.32 Å². The van der Waals surface area contributed by atoms with Gasteiger partial charge in [0, 0.05) is 5.56 Å². The van der Waals surface area contributed by atoms with Crippen LogP contribution in [0.4, 0.5) is 0 Å². The first-order chi connectivity index (χ1) is 9.54. The number of aliphatic hydroxyl groups excluding tert-OH is 4. The Morgan fingerprint density at radius 2 is 1.90 bits per heavy atom. The van der Waals surface area contributed by atoms with Gasteiger partial charge in [0.2, 0.25) is 0 Å². The second-order valence-electron chi connectivity index (χ2n) is 4.59. The monoisotopic (exact) mass is 283 g/mol. The van der Waals surface area contributed by atoms with Gasteiger partial charge in [-0.25, -0.2) is 0 Å². The van der Waals surface area contributed by atoms with E-state index in [1.165, 1.54) is 0 Å². The predicted molar refractivity (Wildman–Crippen MR) is 67.7 cm³/mol. The third kappa shape index (κ3) is 2.97. The minimum Gasteiger partial charge on any atom is -0.394 e. The summed E-state index contributed by atoms with van der Waals surface area (Å²) in [7, 11) is 0. The second kappa shape index (κ2) is 6.29. The van der Waals surface area contributed by atoms with Crippen molar-refractivity contribution in [2.24, 2.45) is 0 Å². The molecule has 1 fully saturated rings. The molecule has 1 saturated heterocycles. The Bertz CT molecular complexity index is 453. The molecule has 0 spiro atoms. The molecule has 0 unspecified atom stereocenters. The Kier molecular flexibility index (Phi) is 4.69. The fourth-order valence-electron chi connectivity index (χ4n) is 2.05. The topological polar surface area (TPSA) is 119 Å². The molecule has 0 aliphatic carbocycles. The summed E-state index contributed by atoms with van der Waals surface area (Å²) in [6.07, 6.45) is -6.41. The summed E-state index contributed by atoms with van der Waals surface area (Å²) < 4.78 is 5.19. The summed E-state index contributed by atoms with van der Waals surface area (Å²) in [5.74, 6) is -0.471. The van der Waals surface area contributed by atoms with Gasteiger partial charge in [-0.1, -0.05) is 18.2 Å². The van der Waals surface area contributed by atoms with Crippen molar-refractivity contribution in [3.63, 3.8) is 0 Å². The zero-order chi connectivity index (χ0) is 14.7. The average Bonchev–Trinajstić information content (AvgIpc) is 2.76. The lowest BCUT2D eigenvalue weighted by Crippen LogP contribution is -2.44. The predicted octanol–water partition coefficient (Wildman–Crippen LogP) is -1.78. The van der Waals surface area contributed by atoms with E-state index in [4.69, 9.17) is 9.84 Å². The van der Waals surface area contributed by atoms with Crippen molar-refractivity contribution in [2.45, 2.75) is 30.6 Å². The van der Waals surface area contributed by atoms with Crippen LogP contribution in [0, 0.1) is 0 Å². The summed E-state index contributed by atoms with van der Waals surface area (Å²) in [6.45, 7) is -0.617. The summed E-state index contributed by atoms with van der Waals surface area (Å²) in [5, 5.41) is 40.2. The molecule has 5 N–H and O–H groups in total. The van der Waals surface area contributed by atoms with Gasteiger partial charge in [-0.15, -0.1) is 0 Å². The van der Waals surface area contributed by atoms with E-state index < -0.39 is 43.2 Å². The standard InChI is InChI=1S/C13H17NO6/c15-6-8(16)11-9(17)10(18)13(20-11)14-12(19)7-4-2-1-3-5-7/h1-5,8-11,13,15-18H,6H2,(H,14,19)/t8-,9-,10-,11+,13+/m1/s1. The first kappa shape index (κ1) is 14.9. The van der Waals surface area contributed by atoms with Crippen LogP contribution in [0.5, 0.6) is 0 Å². The van der Waals surface area contributed by atoms with Crippen LogP contribution < -0.4 is 5.32 Å². The molecule has 0 radical (unpaired) electrons. The Labute approximate surface area is 115 Å². The van der Waals surface area contributed by atoms with Gasteiger partial charge in [-0.3, -0.25) is 4.79 Å². The molecule has 1 aromatic carbocycles. The maximum Gasteiger partial charge on any atom is 0.253 e. The molecule has 1 aliphatic heterocycles. The molecule has 7 heteroatoms. The quantitative estimate of drug-likeness (QED) is 0.445. The van der Waals surface area contributed by atoms with E-state index in [1.807, 2.05) is 0 Å². The number of rotatable bonds is 4. The van der Waals surface area contributed by atoms with Gasteiger partial charge in [0.05, 0.1) is 6.61 Å². The molecule has 2 rings (SSSR count). The van der Waals surface area contributed by atoms with Gasteiger partial charge in [-0.05, 0) is 12.1 Å². The number of carbonyl (C=O) groups is 1. The van der Waals surface area contributed by atoms with Crippen LogP contribution in [-0.4, -0.2) is 63.6 Å². The van der Waals surface area contributed by atoms with Gasteiger partial charge in [0.1, 0.15) is 24.4 Å². The molecular weight excluding hydrogens is 266 g/mol. The number of carbonyl (C=O) groups excluding carboxylic acids is 1. The molecule has 1 heterocycles. The molecule has 0 bridgehead atoms. The molecular formula is C13H17NO6. The average molecular weight is 283 g/mol. The Hall–Kier alpha value is -1.51. The molecule has 110 valence electrons.